The number of hydrogen-bond donors (Lipinski definition) is 0. The summed E-state index contributed by atoms with van der Waals surface area (Å²) in [5.41, 5.74) is 0. The van der Waals surface area contributed by atoms with E-state index >= 15 is 0 Å². The van der Waals surface area contributed by atoms with Crippen molar-refractivity contribution in [3.8, 4) is 0 Å². The van der Waals surface area contributed by atoms with E-state index in [2.05, 4.69) is 4.74 Å². The summed E-state index contributed by atoms with van der Waals surface area (Å²) in [7, 11) is 1.36. The van der Waals surface area contributed by atoms with Crippen LogP contribution in [-0.2, 0) is 19.1 Å². The first-order chi connectivity index (χ1) is 11.6. The zero-order valence-corrected chi connectivity index (χ0v) is 14.8. The van der Waals surface area contributed by atoms with Gasteiger partial charge in [-0.3, -0.25) is 14.4 Å². The minimum absolute atomic E-state index is 0.120. The Kier molecular flexibility index (Phi) is 7.53. The molecule has 2 amide bonds. The maximum Gasteiger partial charge on any atom is 0.305 e. The molecule has 24 heavy (non-hydrogen) atoms. The molecule has 2 heterocycles. The lowest BCUT2D eigenvalue weighted by molar-refractivity contribution is -0.141. The normalized spacial score (nSPS) is 21.0. The quantitative estimate of drug-likeness (QED) is 0.666. The summed E-state index contributed by atoms with van der Waals surface area (Å²) in [6, 6.07) is 0. The molecule has 136 valence electrons. The molecular weight excluding hydrogens is 308 g/mol. The molecule has 0 aromatic heterocycles. The molecule has 6 nitrogen and oxygen atoms in total. The molecule has 0 bridgehead atoms. The second-order valence-corrected chi connectivity index (χ2v) is 6.90. The molecule has 2 fully saturated rings. The van der Waals surface area contributed by atoms with E-state index in [-0.39, 0.29) is 17.8 Å². The van der Waals surface area contributed by atoms with Gasteiger partial charge >= 0.3 is 5.97 Å². The van der Waals surface area contributed by atoms with Crippen LogP contribution in [0.25, 0.3) is 0 Å². The molecule has 1 atom stereocenters. The van der Waals surface area contributed by atoms with E-state index in [9.17, 15) is 14.4 Å². The average molecular weight is 338 g/mol. The summed E-state index contributed by atoms with van der Waals surface area (Å²) in [6.07, 6.45) is 7.07. The number of rotatable bonds is 7. The SMILES string of the molecule is COC(=O)CCCC(=O)N1CCC[C@H](CCC(=O)N2CCCC2)C1. The molecule has 0 aromatic carbocycles. The van der Waals surface area contributed by atoms with Crippen molar-refractivity contribution in [2.75, 3.05) is 33.3 Å². The third-order valence-electron chi connectivity index (χ3n) is 5.10. The van der Waals surface area contributed by atoms with Gasteiger partial charge in [0.2, 0.25) is 11.8 Å². The van der Waals surface area contributed by atoms with Crippen LogP contribution < -0.4 is 0 Å². The topological polar surface area (TPSA) is 66.9 Å². The molecule has 2 rings (SSSR count). The van der Waals surface area contributed by atoms with Crippen molar-refractivity contribution >= 4 is 17.8 Å². The monoisotopic (exact) mass is 338 g/mol. The molecule has 0 unspecified atom stereocenters. The Balaban J connectivity index is 1.67. The smallest absolute Gasteiger partial charge is 0.305 e. The van der Waals surface area contributed by atoms with E-state index < -0.39 is 0 Å². The van der Waals surface area contributed by atoms with Crippen molar-refractivity contribution in [1.82, 2.24) is 9.80 Å². The fourth-order valence-electron chi connectivity index (χ4n) is 3.62. The first kappa shape index (κ1) is 18.7. The highest BCUT2D eigenvalue weighted by molar-refractivity contribution is 5.77. The summed E-state index contributed by atoms with van der Waals surface area (Å²) in [5.74, 6) is 0.554. The number of likely N-dealkylation sites (tertiary alicyclic amines) is 2. The van der Waals surface area contributed by atoms with Crippen molar-refractivity contribution in [1.29, 1.82) is 0 Å². The second-order valence-electron chi connectivity index (χ2n) is 6.90. The van der Waals surface area contributed by atoms with Gasteiger partial charge in [-0.25, -0.2) is 0 Å². The van der Waals surface area contributed by atoms with Crippen LogP contribution in [0.5, 0.6) is 0 Å². The Bertz CT molecular complexity index is 446. The summed E-state index contributed by atoms with van der Waals surface area (Å²) in [6.45, 7) is 3.38. The maximum atomic E-state index is 12.3. The zero-order chi connectivity index (χ0) is 17.4. The fraction of sp³-hybridized carbons (Fsp3) is 0.833. The van der Waals surface area contributed by atoms with E-state index in [0.29, 0.717) is 31.6 Å². The van der Waals surface area contributed by atoms with Gasteiger partial charge in [0.05, 0.1) is 7.11 Å². The molecule has 2 saturated heterocycles. The van der Waals surface area contributed by atoms with E-state index in [0.717, 1.165) is 58.3 Å². The van der Waals surface area contributed by atoms with E-state index in [4.69, 9.17) is 0 Å². The van der Waals surface area contributed by atoms with Crippen LogP contribution in [0.4, 0.5) is 0 Å². The summed E-state index contributed by atoms with van der Waals surface area (Å²) < 4.78 is 4.59. The first-order valence-corrected chi connectivity index (χ1v) is 9.22. The summed E-state index contributed by atoms with van der Waals surface area (Å²) in [4.78, 5) is 39.4. The van der Waals surface area contributed by atoms with Crippen LogP contribution in [0, 0.1) is 5.92 Å². The number of piperidine rings is 1. The Morgan fingerprint density at radius 3 is 2.29 bits per heavy atom. The number of nitrogens with zero attached hydrogens (tertiary/aromatic N) is 2. The van der Waals surface area contributed by atoms with Crippen LogP contribution in [0.2, 0.25) is 0 Å². The Morgan fingerprint density at radius 1 is 0.917 bits per heavy atom. The van der Waals surface area contributed by atoms with Gasteiger partial charge in [0, 0.05) is 45.4 Å². The largest absolute Gasteiger partial charge is 0.469 e. The zero-order valence-electron chi connectivity index (χ0n) is 14.8. The van der Waals surface area contributed by atoms with Crippen molar-refractivity contribution in [3.05, 3.63) is 0 Å². The third-order valence-corrected chi connectivity index (χ3v) is 5.10. The standard InChI is InChI=1S/C18H30N2O4/c1-24-18(23)8-4-7-16(21)20-13-5-6-15(14-20)9-10-17(22)19-11-2-3-12-19/h15H,2-14H2,1H3/t15-/m1/s1. The molecule has 2 aliphatic heterocycles. The average Bonchev–Trinajstić information content (AvgIpc) is 3.14. The lowest BCUT2D eigenvalue weighted by atomic mass is 9.93. The van der Waals surface area contributed by atoms with Gasteiger partial charge in [0.1, 0.15) is 0 Å². The lowest BCUT2D eigenvalue weighted by Crippen LogP contribution is -2.40. The molecule has 0 aliphatic carbocycles. The molecule has 0 saturated carbocycles. The highest BCUT2D eigenvalue weighted by Gasteiger charge is 2.25. The highest BCUT2D eigenvalue weighted by Crippen LogP contribution is 2.23. The third kappa shape index (κ3) is 5.80. The minimum atomic E-state index is -0.264. The molecule has 0 N–H and O–H groups in total. The molecule has 2 aliphatic rings. The van der Waals surface area contributed by atoms with Gasteiger partial charge in [-0.05, 0) is 44.4 Å². The van der Waals surface area contributed by atoms with Gasteiger partial charge in [-0.15, -0.1) is 0 Å². The van der Waals surface area contributed by atoms with Crippen molar-refractivity contribution in [2.45, 2.75) is 57.8 Å². The van der Waals surface area contributed by atoms with Crippen molar-refractivity contribution in [3.63, 3.8) is 0 Å². The Labute approximate surface area is 144 Å². The van der Waals surface area contributed by atoms with Crippen molar-refractivity contribution < 1.29 is 19.1 Å². The number of esters is 1. The number of methoxy groups -OCH3 is 1. The van der Waals surface area contributed by atoms with Crippen LogP contribution in [0.3, 0.4) is 0 Å². The van der Waals surface area contributed by atoms with Gasteiger partial charge in [-0.2, -0.15) is 0 Å². The Hall–Kier alpha value is -1.59. The highest BCUT2D eigenvalue weighted by atomic mass is 16.5. The van der Waals surface area contributed by atoms with Crippen LogP contribution in [-0.4, -0.2) is 60.9 Å². The molecule has 0 aromatic rings. The van der Waals surface area contributed by atoms with Crippen molar-refractivity contribution in [2.24, 2.45) is 5.92 Å². The van der Waals surface area contributed by atoms with Crippen LogP contribution in [0.15, 0.2) is 0 Å². The second kappa shape index (κ2) is 9.64. The summed E-state index contributed by atoms with van der Waals surface area (Å²) >= 11 is 0. The van der Waals surface area contributed by atoms with E-state index in [1.165, 1.54) is 7.11 Å². The fourth-order valence-corrected chi connectivity index (χ4v) is 3.62. The lowest BCUT2D eigenvalue weighted by Gasteiger charge is -2.33. The van der Waals surface area contributed by atoms with E-state index in [1.54, 1.807) is 0 Å². The van der Waals surface area contributed by atoms with Crippen LogP contribution >= 0.6 is 0 Å². The molecular formula is C18H30N2O4. The molecule has 0 spiro atoms. The van der Waals surface area contributed by atoms with Gasteiger partial charge in [0.25, 0.3) is 0 Å². The number of carbonyl (C=O) groups excluding carboxylic acids is 3. The Morgan fingerprint density at radius 2 is 1.58 bits per heavy atom. The number of carbonyl (C=O) groups is 3. The number of hydrogen-bond acceptors (Lipinski definition) is 4. The maximum absolute atomic E-state index is 12.3. The molecule has 0 radical (unpaired) electrons. The summed E-state index contributed by atoms with van der Waals surface area (Å²) in [5, 5.41) is 0. The number of amides is 2. The van der Waals surface area contributed by atoms with Gasteiger partial charge in [-0.1, -0.05) is 0 Å². The van der Waals surface area contributed by atoms with Crippen LogP contribution in [0.1, 0.15) is 57.8 Å². The first-order valence-electron chi connectivity index (χ1n) is 9.22. The van der Waals surface area contributed by atoms with Gasteiger partial charge in [0.15, 0.2) is 0 Å². The van der Waals surface area contributed by atoms with E-state index in [1.807, 2.05) is 9.80 Å². The minimum Gasteiger partial charge on any atom is -0.469 e. The predicted octanol–water partition coefficient (Wildman–Crippen LogP) is 1.97. The number of ether oxygens (including phenoxy) is 1. The predicted molar refractivity (Wildman–Crippen MR) is 90.2 cm³/mol. The molecule has 6 heteroatoms. The van der Waals surface area contributed by atoms with Gasteiger partial charge < -0.3 is 14.5 Å².